The second-order valence-corrected chi connectivity index (χ2v) is 9.45. The first-order chi connectivity index (χ1) is 15.3. The van der Waals surface area contributed by atoms with E-state index in [0.29, 0.717) is 24.8 Å². The van der Waals surface area contributed by atoms with E-state index in [1.807, 2.05) is 51.2 Å². The zero-order valence-corrected chi connectivity index (χ0v) is 18.9. The zero-order valence-electron chi connectivity index (χ0n) is 18.9. The fraction of sp³-hybridized carbons (Fsp3) is 0.440. The van der Waals surface area contributed by atoms with Crippen molar-refractivity contribution in [3.05, 3.63) is 59.6 Å². The third-order valence-electron chi connectivity index (χ3n) is 5.42. The summed E-state index contributed by atoms with van der Waals surface area (Å²) in [4.78, 5) is 35.3. The molecule has 0 aromatic carbocycles. The predicted molar refractivity (Wildman–Crippen MR) is 123 cm³/mol. The van der Waals surface area contributed by atoms with Gasteiger partial charge in [-0.2, -0.15) is 0 Å². The Morgan fingerprint density at radius 1 is 1.12 bits per heavy atom. The van der Waals surface area contributed by atoms with Crippen molar-refractivity contribution in [1.82, 2.24) is 14.9 Å². The van der Waals surface area contributed by atoms with Crippen molar-refractivity contribution in [2.24, 2.45) is 0 Å². The number of rotatable bonds is 5. The molecule has 2 aliphatic rings. The van der Waals surface area contributed by atoms with Crippen molar-refractivity contribution < 1.29 is 14.3 Å². The Kier molecular flexibility index (Phi) is 6.26. The molecule has 1 fully saturated rings. The van der Waals surface area contributed by atoms with Crippen molar-refractivity contribution in [1.29, 1.82) is 0 Å². The number of anilines is 1. The lowest BCUT2D eigenvalue weighted by Gasteiger charge is -2.30. The van der Waals surface area contributed by atoms with Crippen LogP contribution >= 0.6 is 0 Å². The molecule has 0 bridgehead atoms. The van der Waals surface area contributed by atoms with E-state index in [0.717, 1.165) is 23.3 Å². The van der Waals surface area contributed by atoms with Crippen LogP contribution in [-0.4, -0.2) is 45.6 Å². The molecule has 0 unspecified atom stereocenters. The summed E-state index contributed by atoms with van der Waals surface area (Å²) >= 11 is 0. The number of carbonyl (C=O) groups excluding carboxylic acids is 2. The monoisotopic (exact) mass is 434 g/mol. The van der Waals surface area contributed by atoms with Crippen LogP contribution in [0.1, 0.15) is 62.8 Å². The summed E-state index contributed by atoms with van der Waals surface area (Å²) in [5, 5.41) is 2.84. The van der Waals surface area contributed by atoms with Gasteiger partial charge in [0.25, 0.3) is 0 Å². The number of nitrogens with one attached hydrogen (secondary N) is 1. The maximum absolute atomic E-state index is 12.4. The van der Waals surface area contributed by atoms with Crippen LogP contribution in [0, 0.1) is 0 Å². The van der Waals surface area contributed by atoms with E-state index in [1.165, 1.54) is 18.4 Å². The normalized spacial score (nSPS) is 16.3. The molecular formula is C25H30N4O3. The fourth-order valence-electron chi connectivity index (χ4n) is 3.64. The number of hydrogen-bond acceptors (Lipinski definition) is 5. The average molecular weight is 435 g/mol. The van der Waals surface area contributed by atoms with Crippen LogP contribution in [0.15, 0.2) is 42.7 Å². The van der Waals surface area contributed by atoms with Gasteiger partial charge in [0.1, 0.15) is 11.4 Å². The Labute approximate surface area is 188 Å². The molecular weight excluding hydrogens is 404 g/mol. The van der Waals surface area contributed by atoms with E-state index in [-0.39, 0.29) is 18.4 Å². The number of pyridine rings is 2. The molecule has 2 amide bonds. The standard InChI is InChI=1S/C25H30N4O3/c1-25(2,3)32-24(31)29-12-4-5-20(16-29)21-10-6-17(14-26-21)13-23(30)28-22-11-9-19(15-27-22)18-7-8-18/h5-6,9-11,14-15,18H,4,7-8,12-13,16H2,1-3H3,(H,27,28,30). The van der Waals surface area contributed by atoms with Gasteiger partial charge in [0.2, 0.25) is 5.91 Å². The van der Waals surface area contributed by atoms with Gasteiger partial charge in [-0.15, -0.1) is 0 Å². The van der Waals surface area contributed by atoms with Gasteiger partial charge in [-0.05, 0) is 74.8 Å². The lowest BCUT2D eigenvalue weighted by molar-refractivity contribution is -0.115. The van der Waals surface area contributed by atoms with Crippen LogP contribution < -0.4 is 5.32 Å². The Hall–Kier alpha value is -3.22. The van der Waals surface area contributed by atoms with Crippen LogP contribution in [0.2, 0.25) is 0 Å². The summed E-state index contributed by atoms with van der Waals surface area (Å²) in [5.41, 5.74) is 3.33. The molecule has 2 aromatic heterocycles. The lowest BCUT2D eigenvalue weighted by Crippen LogP contribution is -2.39. The molecule has 1 aliphatic heterocycles. The summed E-state index contributed by atoms with van der Waals surface area (Å²) in [6.07, 6.45) is 8.80. The Bertz CT molecular complexity index is 1000. The maximum Gasteiger partial charge on any atom is 0.410 e. The first kappa shape index (κ1) is 22.0. The average Bonchev–Trinajstić information content (AvgIpc) is 3.59. The highest BCUT2D eigenvalue weighted by Crippen LogP contribution is 2.39. The van der Waals surface area contributed by atoms with E-state index in [2.05, 4.69) is 21.4 Å². The number of carbonyl (C=O) groups is 2. The minimum absolute atomic E-state index is 0.126. The Morgan fingerprint density at radius 3 is 2.56 bits per heavy atom. The molecule has 1 aliphatic carbocycles. The molecule has 0 atom stereocenters. The molecule has 7 heteroatoms. The van der Waals surface area contributed by atoms with E-state index in [9.17, 15) is 9.59 Å². The van der Waals surface area contributed by atoms with Crippen molar-refractivity contribution in [2.75, 3.05) is 18.4 Å². The minimum Gasteiger partial charge on any atom is -0.444 e. The van der Waals surface area contributed by atoms with Crippen molar-refractivity contribution in [3.8, 4) is 0 Å². The van der Waals surface area contributed by atoms with Crippen LogP contribution in [0.25, 0.3) is 5.57 Å². The van der Waals surface area contributed by atoms with Gasteiger partial charge < -0.3 is 15.0 Å². The highest BCUT2D eigenvalue weighted by atomic mass is 16.6. The van der Waals surface area contributed by atoms with Gasteiger partial charge in [0.05, 0.1) is 18.7 Å². The van der Waals surface area contributed by atoms with Crippen molar-refractivity contribution in [3.63, 3.8) is 0 Å². The first-order valence-electron chi connectivity index (χ1n) is 11.1. The van der Waals surface area contributed by atoms with Gasteiger partial charge >= 0.3 is 6.09 Å². The van der Waals surface area contributed by atoms with Gasteiger partial charge in [-0.1, -0.05) is 18.2 Å². The van der Waals surface area contributed by atoms with E-state index in [4.69, 9.17) is 4.74 Å². The largest absolute Gasteiger partial charge is 0.444 e. The highest BCUT2D eigenvalue weighted by Gasteiger charge is 2.25. The molecule has 168 valence electrons. The molecule has 1 saturated carbocycles. The molecule has 0 radical (unpaired) electrons. The molecule has 4 rings (SSSR count). The number of amides is 2. The molecule has 0 saturated heterocycles. The van der Waals surface area contributed by atoms with Crippen LogP contribution in [0.3, 0.4) is 0 Å². The first-order valence-corrected chi connectivity index (χ1v) is 11.1. The smallest absolute Gasteiger partial charge is 0.410 e. The zero-order chi connectivity index (χ0) is 22.7. The van der Waals surface area contributed by atoms with Gasteiger partial charge in [0.15, 0.2) is 0 Å². The maximum atomic E-state index is 12.4. The summed E-state index contributed by atoms with van der Waals surface area (Å²) in [6, 6.07) is 7.70. The van der Waals surface area contributed by atoms with E-state index >= 15 is 0 Å². The molecule has 32 heavy (non-hydrogen) atoms. The summed E-state index contributed by atoms with van der Waals surface area (Å²) < 4.78 is 5.48. The molecule has 0 spiro atoms. The minimum atomic E-state index is -0.520. The van der Waals surface area contributed by atoms with Gasteiger partial charge in [-0.3, -0.25) is 9.78 Å². The fourth-order valence-corrected chi connectivity index (χ4v) is 3.64. The van der Waals surface area contributed by atoms with Gasteiger partial charge in [0, 0.05) is 18.9 Å². The van der Waals surface area contributed by atoms with E-state index in [1.54, 1.807) is 11.1 Å². The second kappa shape index (κ2) is 9.10. The number of hydrogen-bond donors (Lipinski definition) is 1. The third-order valence-corrected chi connectivity index (χ3v) is 5.42. The van der Waals surface area contributed by atoms with E-state index < -0.39 is 5.60 Å². The van der Waals surface area contributed by atoms with Crippen molar-refractivity contribution >= 4 is 23.4 Å². The summed E-state index contributed by atoms with van der Waals surface area (Å²) in [5.74, 6) is 1.09. The Balaban J connectivity index is 1.31. The lowest BCUT2D eigenvalue weighted by atomic mass is 10.0. The summed E-state index contributed by atoms with van der Waals surface area (Å²) in [7, 11) is 0. The quantitative estimate of drug-likeness (QED) is 0.746. The molecule has 1 N–H and O–H groups in total. The van der Waals surface area contributed by atoms with Crippen molar-refractivity contribution in [2.45, 2.75) is 58.0 Å². The van der Waals surface area contributed by atoms with Crippen LogP contribution in [0.4, 0.5) is 10.6 Å². The van der Waals surface area contributed by atoms with Crippen LogP contribution in [-0.2, 0) is 16.0 Å². The topological polar surface area (TPSA) is 84.4 Å². The number of aromatic nitrogens is 2. The number of nitrogens with zero attached hydrogens (tertiary/aromatic N) is 3. The molecule has 2 aromatic rings. The predicted octanol–water partition coefficient (Wildman–Crippen LogP) is 4.56. The highest BCUT2D eigenvalue weighted by molar-refractivity contribution is 5.91. The van der Waals surface area contributed by atoms with Gasteiger partial charge in [-0.25, -0.2) is 9.78 Å². The Morgan fingerprint density at radius 2 is 1.94 bits per heavy atom. The molecule has 7 nitrogen and oxygen atoms in total. The summed E-state index contributed by atoms with van der Waals surface area (Å²) in [6.45, 7) is 6.68. The second-order valence-electron chi connectivity index (χ2n) is 9.45. The SMILES string of the molecule is CC(C)(C)OC(=O)N1CCC=C(c2ccc(CC(=O)Nc3ccc(C4CC4)cn3)cn2)C1. The molecule has 3 heterocycles. The third kappa shape index (κ3) is 5.93. The van der Waals surface area contributed by atoms with Crippen LogP contribution in [0.5, 0.6) is 0 Å². The number of ether oxygens (including phenoxy) is 1.